The highest BCUT2D eigenvalue weighted by atomic mass is 14.9. The van der Waals surface area contributed by atoms with Crippen LogP contribution < -0.4 is 10.6 Å². The summed E-state index contributed by atoms with van der Waals surface area (Å²) in [5.41, 5.74) is 0. The van der Waals surface area contributed by atoms with Gasteiger partial charge in [0.2, 0.25) is 0 Å². The van der Waals surface area contributed by atoms with Crippen molar-refractivity contribution in [3.63, 3.8) is 0 Å². The third-order valence-electron chi connectivity index (χ3n) is 3.32. The number of hydrogen-bond donors (Lipinski definition) is 2. The fourth-order valence-electron chi connectivity index (χ4n) is 2.10. The lowest BCUT2D eigenvalue weighted by Gasteiger charge is -2.08. The quantitative estimate of drug-likeness (QED) is 0.606. The van der Waals surface area contributed by atoms with E-state index in [9.17, 15) is 0 Å². The molecule has 2 heteroatoms. The zero-order chi connectivity index (χ0) is 8.93. The van der Waals surface area contributed by atoms with Gasteiger partial charge in [0.15, 0.2) is 0 Å². The summed E-state index contributed by atoms with van der Waals surface area (Å²) in [6.07, 6.45) is 7.17. The second-order valence-electron chi connectivity index (χ2n) is 4.63. The first-order valence-electron chi connectivity index (χ1n) is 5.86. The Morgan fingerprint density at radius 1 is 1.00 bits per heavy atom. The molecular formula is C11H22N2. The summed E-state index contributed by atoms with van der Waals surface area (Å²) < 4.78 is 0. The highest BCUT2D eigenvalue weighted by molar-refractivity contribution is 4.74. The Balaban J connectivity index is 1.39. The largest absolute Gasteiger partial charge is 0.317 e. The predicted molar refractivity (Wildman–Crippen MR) is 55.8 cm³/mol. The number of hydrogen-bond acceptors (Lipinski definition) is 2. The van der Waals surface area contributed by atoms with Gasteiger partial charge < -0.3 is 10.6 Å². The Hall–Kier alpha value is -0.0800. The molecule has 1 atom stereocenters. The van der Waals surface area contributed by atoms with Gasteiger partial charge in [-0.15, -0.1) is 0 Å². The van der Waals surface area contributed by atoms with E-state index in [2.05, 4.69) is 10.6 Å². The lowest BCUT2D eigenvalue weighted by Crippen LogP contribution is -2.20. The molecule has 2 N–H and O–H groups in total. The molecule has 1 aliphatic heterocycles. The lowest BCUT2D eigenvalue weighted by atomic mass is 10.1. The van der Waals surface area contributed by atoms with Crippen LogP contribution in [0.15, 0.2) is 0 Å². The standard InChI is InChI=1S/C11H22N2/c1-2-10(1)3-6-12-7-4-11-5-8-13-9-11/h10-13H,1-9H2. The van der Waals surface area contributed by atoms with Crippen LogP contribution in [-0.4, -0.2) is 26.2 Å². The van der Waals surface area contributed by atoms with E-state index in [-0.39, 0.29) is 0 Å². The molecule has 0 bridgehead atoms. The summed E-state index contributed by atoms with van der Waals surface area (Å²) >= 11 is 0. The lowest BCUT2D eigenvalue weighted by molar-refractivity contribution is 0.492. The molecule has 76 valence electrons. The van der Waals surface area contributed by atoms with Crippen LogP contribution in [0.2, 0.25) is 0 Å². The first-order valence-corrected chi connectivity index (χ1v) is 5.86. The van der Waals surface area contributed by atoms with Crippen molar-refractivity contribution in [3.05, 3.63) is 0 Å². The summed E-state index contributed by atoms with van der Waals surface area (Å²) in [5.74, 6) is 2.04. The highest BCUT2D eigenvalue weighted by Crippen LogP contribution is 2.31. The topological polar surface area (TPSA) is 24.1 Å². The molecule has 1 unspecified atom stereocenters. The van der Waals surface area contributed by atoms with Gasteiger partial charge in [-0.3, -0.25) is 0 Å². The third-order valence-corrected chi connectivity index (χ3v) is 3.32. The van der Waals surface area contributed by atoms with Gasteiger partial charge in [-0.2, -0.15) is 0 Å². The van der Waals surface area contributed by atoms with Gasteiger partial charge in [0.25, 0.3) is 0 Å². The van der Waals surface area contributed by atoms with Crippen molar-refractivity contribution < 1.29 is 0 Å². The van der Waals surface area contributed by atoms with Crippen LogP contribution in [0.25, 0.3) is 0 Å². The predicted octanol–water partition coefficient (Wildman–Crippen LogP) is 1.38. The monoisotopic (exact) mass is 182 g/mol. The highest BCUT2D eigenvalue weighted by Gasteiger charge is 2.20. The first-order chi connectivity index (χ1) is 6.45. The van der Waals surface area contributed by atoms with E-state index in [4.69, 9.17) is 0 Å². The minimum atomic E-state index is 0.952. The van der Waals surface area contributed by atoms with Gasteiger partial charge in [-0.25, -0.2) is 0 Å². The minimum absolute atomic E-state index is 0.952. The average molecular weight is 182 g/mol. The molecule has 1 aliphatic carbocycles. The molecular weight excluding hydrogens is 160 g/mol. The molecule has 1 saturated carbocycles. The molecule has 13 heavy (non-hydrogen) atoms. The van der Waals surface area contributed by atoms with Crippen molar-refractivity contribution >= 4 is 0 Å². The molecule has 2 nitrogen and oxygen atoms in total. The number of rotatable bonds is 6. The summed E-state index contributed by atoms with van der Waals surface area (Å²) in [4.78, 5) is 0. The first kappa shape index (κ1) is 9.47. The van der Waals surface area contributed by atoms with Crippen molar-refractivity contribution in [1.29, 1.82) is 0 Å². The second kappa shape index (κ2) is 4.97. The van der Waals surface area contributed by atoms with Crippen LogP contribution in [0.1, 0.15) is 32.1 Å². The van der Waals surface area contributed by atoms with Crippen molar-refractivity contribution in [3.8, 4) is 0 Å². The van der Waals surface area contributed by atoms with Crippen LogP contribution in [0.3, 0.4) is 0 Å². The smallest absolute Gasteiger partial charge is 0.00196 e. The van der Waals surface area contributed by atoms with Crippen LogP contribution in [0.4, 0.5) is 0 Å². The number of nitrogens with one attached hydrogen (secondary N) is 2. The summed E-state index contributed by atoms with van der Waals surface area (Å²) in [5, 5.41) is 6.97. The molecule has 2 aliphatic rings. The molecule has 1 heterocycles. The second-order valence-corrected chi connectivity index (χ2v) is 4.63. The van der Waals surface area contributed by atoms with Gasteiger partial charge >= 0.3 is 0 Å². The Morgan fingerprint density at radius 3 is 2.38 bits per heavy atom. The van der Waals surface area contributed by atoms with E-state index in [0.717, 1.165) is 11.8 Å². The van der Waals surface area contributed by atoms with E-state index >= 15 is 0 Å². The van der Waals surface area contributed by atoms with E-state index in [1.807, 2.05) is 0 Å². The molecule has 0 aromatic rings. The van der Waals surface area contributed by atoms with Crippen LogP contribution >= 0.6 is 0 Å². The fraction of sp³-hybridized carbons (Fsp3) is 1.00. The molecule has 2 fully saturated rings. The maximum Gasteiger partial charge on any atom is -0.00196 e. The zero-order valence-electron chi connectivity index (χ0n) is 8.52. The van der Waals surface area contributed by atoms with Crippen LogP contribution in [0, 0.1) is 11.8 Å². The SMILES string of the molecule is C(CC1CC1)NCCC1CCNC1. The molecule has 0 amide bonds. The van der Waals surface area contributed by atoms with Gasteiger partial charge in [0.05, 0.1) is 0 Å². The van der Waals surface area contributed by atoms with Crippen molar-refractivity contribution in [1.82, 2.24) is 10.6 Å². The Kier molecular flexibility index (Phi) is 3.62. The normalized spacial score (nSPS) is 28.2. The van der Waals surface area contributed by atoms with Gasteiger partial charge in [-0.1, -0.05) is 12.8 Å². The summed E-state index contributed by atoms with van der Waals surface area (Å²) in [7, 11) is 0. The average Bonchev–Trinajstić information content (AvgIpc) is 2.81. The zero-order valence-corrected chi connectivity index (χ0v) is 8.52. The van der Waals surface area contributed by atoms with E-state index in [1.54, 1.807) is 0 Å². The van der Waals surface area contributed by atoms with Crippen LogP contribution in [-0.2, 0) is 0 Å². The maximum absolute atomic E-state index is 3.56. The Bertz CT molecular complexity index is 137. The van der Waals surface area contributed by atoms with Gasteiger partial charge in [0.1, 0.15) is 0 Å². The molecule has 0 radical (unpaired) electrons. The Labute approximate surface area is 81.5 Å². The molecule has 0 aromatic carbocycles. The van der Waals surface area contributed by atoms with E-state index in [1.165, 1.54) is 58.3 Å². The Morgan fingerprint density at radius 2 is 1.77 bits per heavy atom. The molecule has 2 rings (SSSR count). The van der Waals surface area contributed by atoms with E-state index < -0.39 is 0 Å². The summed E-state index contributed by atoms with van der Waals surface area (Å²) in [6, 6.07) is 0. The van der Waals surface area contributed by atoms with Gasteiger partial charge in [-0.05, 0) is 57.3 Å². The minimum Gasteiger partial charge on any atom is -0.317 e. The van der Waals surface area contributed by atoms with Crippen molar-refractivity contribution in [2.45, 2.75) is 32.1 Å². The summed E-state index contributed by atoms with van der Waals surface area (Å²) in [6.45, 7) is 4.99. The third kappa shape index (κ3) is 3.65. The fourth-order valence-corrected chi connectivity index (χ4v) is 2.10. The van der Waals surface area contributed by atoms with E-state index in [0.29, 0.717) is 0 Å². The maximum atomic E-state index is 3.56. The van der Waals surface area contributed by atoms with Crippen molar-refractivity contribution in [2.24, 2.45) is 11.8 Å². The molecule has 1 saturated heterocycles. The van der Waals surface area contributed by atoms with Gasteiger partial charge in [0, 0.05) is 0 Å². The molecule has 0 spiro atoms. The van der Waals surface area contributed by atoms with Crippen molar-refractivity contribution in [2.75, 3.05) is 26.2 Å². The molecule has 0 aromatic heterocycles. The van der Waals surface area contributed by atoms with Crippen LogP contribution in [0.5, 0.6) is 0 Å².